The van der Waals surface area contributed by atoms with Gasteiger partial charge in [-0.15, -0.1) is 4.37 Å². The molecule has 1 aliphatic rings. The molecule has 2 rings (SSSR count). The maximum Gasteiger partial charge on any atom is 0.245 e. The van der Waals surface area contributed by atoms with Gasteiger partial charge in [-0.1, -0.05) is 0 Å². The minimum atomic E-state index is -0.554. The Bertz CT molecular complexity index is 317. The molecule has 0 aliphatic heterocycles. The summed E-state index contributed by atoms with van der Waals surface area (Å²) in [5.41, 5.74) is 0. The highest BCUT2D eigenvalue weighted by atomic mass is 32.1. The normalized spacial score (nSPS) is 25.3. The Balaban J connectivity index is 1.50. The molecule has 0 aromatic carbocycles. The second-order valence-corrected chi connectivity index (χ2v) is 4.92. The molecule has 0 saturated heterocycles. The maximum absolute atomic E-state index is 9.62. The molecule has 0 radical (unpaired) electrons. The fourth-order valence-electron chi connectivity index (χ4n) is 1.78. The number of hydrogen-bond donors (Lipinski definition) is 3. The number of ether oxygens (including phenoxy) is 1. The Morgan fingerprint density at radius 1 is 1.59 bits per heavy atom. The molecule has 3 N–H and O–H groups in total. The van der Waals surface area contributed by atoms with E-state index in [4.69, 9.17) is 9.84 Å². The first-order chi connectivity index (χ1) is 8.24. The zero-order valence-corrected chi connectivity index (χ0v) is 10.3. The molecule has 1 saturated carbocycles. The van der Waals surface area contributed by atoms with E-state index in [0.29, 0.717) is 18.3 Å². The van der Waals surface area contributed by atoms with Crippen LogP contribution in [0.4, 0.5) is 0 Å². The number of nitrogens with zero attached hydrogens (tertiary/aromatic N) is 2. The van der Waals surface area contributed by atoms with Crippen molar-refractivity contribution in [1.82, 2.24) is 14.1 Å². The number of nitrogens with one attached hydrogen (secondary N) is 1. The molecule has 17 heavy (non-hydrogen) atoms. The van der Waals surface area contributed by atoms with E-state index in [2.05, 4.69) is 14.1 Å². The second kappa shape index (κ2) is 6.25. The summed E-state index contributed by atoms with van der Waals surface area (Å²) in [4.78, 5) is 0. The van der Waals surface area contributed by atoms with Crippen LogP contribution in [0.15, 0.2) is 6.20 Å². The van der Waals surface area contributed by atoms with Crippen molar-refractivity contribution in [3.63, 3.8) is 0 Å². The van der Waals surface area contributed by atoms with Crippen molar-refractivity contribution in [3.8, 4) is 5.88 Å². The molecule has 6 nitrogen and oxygen atoms in total. The van der Waals surface area contributed by atoms with Crippen LogP contribution >= 0.6 is 11.7 Å². The number of hydrogen-bond acceptors (Lipinski definition) is 7. The monoisotopic (exact) mass is 259 g/mol. The zero-order valence-electron chi connectivity index (χ0n) is 9.45. The zero-order chi connectivity index (χ0) is 12.1. The van der Waals surface area contributed by atoms with E-state index in [0.717, 1.165) is 31.1 Å². The quantitative estimate of drug-likeness (QED) is 0.620. The first-order valence-electron chi connectivity index (χ1n) is 5.71. The van der Waals surface area contributed by atoms with Gasteiger partial charge < -0.3 is 20.3 Å². The highest BCUT2D eigenvalue weighted by Gasteiger charge is 2.26. The third kappa shape index (κ3) is 4.19. The molecular weight excluding hydrogens is 242 g/mol. The lowest BCUT2D eigenvalue weighted by Gasteiger charge is -2.31. The predicted octanol–water partition coefficient (Wildman–Crippen LogP) is -0.362. The molecule has 1 heterocycles. The smallest absolute Gasteiger partial charge is 0.245 e. The molecule has 7 heteroatoms. The van der Waals surface area contributed by atoms with Crippen LogP contribution in [0.1, 0.15) is 12.8 Å². The van der Waals surface area contributed by atoms with Gasteiger partial charge in [0, 0.05) is 6.54 Å². The molecule has 1 aliphatic carbocycles. The van der Waals surface area contributed by atoms with Gasteiger partial charge >= 0.3 is 0 Å². The summed E-state index contributed by atoms with van der Waals surface area (Å²) >= 11 is 1.08. The van der Waals surface area contributed by atoms with Crippen LogP contribution in [0.3, 0.4) is 0 Å². The third-order valence-corrected chi connectivity index (χ3v) is 3.25. The highest BCUT2D eigenvalue weighted by Crippen LogP contribution is 2.25. The minimum absolute atomic E-state index is 0.118. The number of rotatable bonds is 7. The topological polar surface area (TPSA) is 87.5 Å². The van der Waals surface area contributed by atoms with E-state index >= 15 is 0 Å². The Labute approximate surface area is 104 Å². The van der Waals surface area contributed by atoms with Crippen molar-refractivity contribution in [2.75, 3.05) is 19.7 Å². The summed E-state index contributed by atoms with van der Waals surface area (Å²) in [6, 6.07) is 0. The van der Waals surface area contributed by atoms with Crippen molar-refractivity contribution in [2.45, 2.75) is 25.0 Å². The summed E-state index contributed by atoms with van der Waals surface area (Å²) < 4.78 is 12.9. The summed E-state index contributed by atoms with van der Waals surface area (Å²) in [5, 5.41) is 21.9. The average Bonchev–Trinajstić information content (AvgIpc) is 2.76. The summed E-state index contributed by atoms with van der Waals surface area (Å²) in [7, 11) is 0. The van der Waals surface area contributed by atoms with Crippen LogP contribution in [0.25, 0.3) is 0 Å². The Kier molecular flexibility index (Phi) is 4.66. The van der Waals surface area contributed by atoms with E-state index in [1.165, 1.54) is 6.20 Å². The summed E-state index contributed by atoms with van der Waals surface area (Å²) in [5.74, 6) is 0.997. The van der Waals surface area contributed by atoms with Gasteiger partial charge in [-0.2, -0.15) is 4.37 Å². The van der Waals surface area contributed by atoms with E-state index in [1.54, 1.807) is 0 Å². The van der Waals surface area contributed by atoms with Crippen molar-refractivity contribution in [2.24, 2.45) is 5.92 Å². The fraction of sp³-hybridized carbons (Fsp3) is 0.800. The molecule has 0 bridgehead atoms. The van der Waals surface area contributed by atoms with Crippen LogP contribution < -0.4 is 10.1 Å². The lowest BCUT2D eigenvalue weighted by molar-refractivity contribution is 0.0400. The fourth-order valence-corrected chi connectivity index (χ4v) is 2.15. The average molecular weight is 259 g/mol. The molecule has 96 valence electrons. The highest BCUT2D eigenvalue weighted by molar-refractivity contribution is 6.99. The molecule has 0 amide bonds. The van der Waals surface area contributed by atoms with Crippen LogP contribution in [0.5, 0.6) is 5.88 Å². The van der Waals surface area contributed by atoms with Gasteiger partial charge in [0.1, 0.15) is 18.9 Å². The Morgan fingerprint density at radius 3 is 3.06 bits per heavy atom. The van der Waals surface area contributed by atoms with Crippen molar-refractivity contribution in [3.05, 3.63) is 6.20 Å². The maximum atomic E-state index is 9.62. The van der Waals surface area contributed by atoms with Gasteiger partial charge in [-0.05, 0) is 25.3 Å². The summed E-state index contributed by atoms with van der Waals surface area (Å²) in [6.07, 6.45) is 2.59. The predicted molar refractivity (Wildman–Crippen MR) is 63.0 cm³/mol. The number of aliphatic hydroxyl groups excluding tert-OH is 2. The van der Waals surface area contributed by atoms with Gasteiger partial charge in [0.2, 0.25) is 5.88 Å². The molecule has 1 atom stereocenters. The lowest BCUT2D eigenvalue weighted by atomic mass is 9.82. The van der Waals surface area contributed by atoms with E-state index in [1.807, 2.05) is 0 Å². The van der Waals surface area contributed by atoms with E-state index < -0.39 is 6.10 Å². The number of aliphatic hydroxyl groups is 2. The number of aromatic nitrogens is 2. The Morgan fingerprint density at radius 2 is 2.41 bits per heavy atom. The first-order valence-corrected chi connectivity index (χ1v) is 6.44. The molecule has 1 unspecified atom stereocenters. The molecule has 1 aromatic rings. The third-order valence-electron chi connectivity index (χ3n) is 2.79. The lowest BCUT2D eigenvalue weighted by Crippen LogP contribution is -2.39. The van der Waals surface area contributed by atoms with Crippen LogP contribution in [-0.4, -0.2) is 50.9 Å². The summed E-state index contributed by atoms with van der Waals surface area (Å²) in [6.45, 7) is 1.54. The van der Waals surface area contributed by atoms with Gasteiger partial charge in [0.25, 0.3) is 0 Å². The van der Waals surface area contributed by atoms with E-state index in [-0.39, 0.29) is 12.7 Å². The minimum Gasteiger partial charge on any atom is -0.473 e. The molecule has 1 fully saturated rings. The SMILES string of the molecule is OC(CNCC1CC(O)C1)COc1cnsn1. The largest absolute Gasteiger partial charge is 0.473 e. The van der Waals surface area contributed by atoms with Crippen molar-refractivity contribution >= 4 is 11.7 Å². The van der Waals surface area contributed by atoms with Gasteiger partial charge in [-0.3, -0.25) is 0 Å². The second-order valence-electron chi connectivity index (χ2n) is 4.36. The molecule has 0 spiro atoms. The molecule has 1 aromatic heterocycles. The van der Waals surface area contributed by atoms with Gasteiger partial charge in [0.15, 0.2) is 0 Å². The molecular formula is C10H17N3O3S. The first kappa shape index (κ1) is 12.7. The van der Waals surface area contributed by atoms with Crippen molar-refractivity contribution in [1.29, 1.82) is 0 Å². The van der Waals surface area contributed by atoms with Gasteiger partial charge in [0.05, 0.1) is 17.8 Å². The van der Waals surface area contributed by atoms with Gasteiger partial charge in [-0.25, -0.2) is 0 Å². The van der Waals surface area contributed by atoms with Crippen LogP contribution in [-0.2, 0) is 0 Å². The van der Waals surface area contributed by atoms with Crippen LogP contribution in [0, 0.1) is 5.92 Å². The standard InChI is InChI=1S/C10H17N3O3S/c14-8-1-7(2-8)3-11-4-9(15)6-16-10-5-12-17-13-10/h5,7-9,11,14-15H,1-4,6H2. The van der Waals surface area contributed by atoms with E-state index in [9.17, 15) is 5.11 Å². The van der Waals surface area contributed by atoms with Crippen LogP contribution in [0.2, 0.25) is 0 Å². The van der Waals surface area contributed by atoms with Crippen molar-refractivity contribution < 1.29 is 14.9 Å². The Hall–Kier alpha value is -0.760.